The lowest BCUT2D eigenvalue weighted by Crippen LogP contribution is -2.12. The van der Waals surface area contributed by atoms with E-state index in [1.165, 1.54) is 0 Å². The van der Waals surface area contributed by atoms with E-state index in [2.05, 4.69) is 0 Å². The van der Waals surface area contributed by atoms with Crippen LogP contribution in [-0.2, 0) is 9.59 Å². The molecule has 0 aromatic rings. The van der Waals surface area contributed by atoms with E-state index in [9.17, 15) is 9.59 Å². The van der Waals surface area contributed by atoms with Crippen LogP contribution in [-0.4, -0.2) is 11.6 Å². The maximum Gasteiger partial charge on any atom is 0.146 e. The smallest absolute Gasteiger partial charge is 0.146 e. The summed E-state index contributed by atoms with van der Waals surface area (Å²) in [6.07, 6.45) is 5.05. The minimum absolute atomic E-state index is 0.0382. The zero-order valence-corrected chi connectivity index (χ0v) is 7.54. The number of carbonyl (C=O) groups is 2. The minimum Gasteiger partial charge on any atom is -0.299 e. The molecular weight excluding hydrogens is 152 g/mol. The highest BCUT2D eigenvalue weighted by molar-refractivity contribution is 6.09. The van der Waals surface area contributed by atoms with Crippen LogP contribution in [0.2, 0.25) is 0 Å². The van der Waals surface area contributed by atoms with Crippen molar-refractivity contribution in [2.45, 2.75) is 26.7 Å². The van der Waals surface area contributed by atoms with Gasteiger partial charge in [0.25, 0.3) is 0 Å². The summed E-state index contributed by atoms with van der Waals surface area (Å²) in [5.41, 5.74) is 0. The van der Waals surface area contributed by atoms with E-state index in [4.69, 9.17) is 0 Å². The second kappa shape index (κ2) is 3.65. The van der Waals surface area contributed by atoms with Crippen molar-refractivity contribution >= 4 is 11.6 Å². The lowest BCUT2D eigenvalue weighted by molar-refractivity contribution is -0.127. The van der Waals surface area contributed by atoms with Gasteiger partial charge in [-0.1, -0.05) is 12.2 Å². The van der Waals surface area contributed by atoms with E-state index < -0.39 is 0 Å². The molecule has 0 aliphatic heterocycles. The van der Waals surface area contributed by atoms with Gasteiger partial charge in [-0.25, -0.2) is 0 Å². The summed E-state index contributed by atoms with van der Waals surface area (Å²) in [5, 5.41) is 0. The molecular formula is C10H14O2. The van der Waals surface area contributed by atoms with E-state index in [1.807, 2.05) is 19.1 Å². The molecule has 0 aromatic carbocycles. The average Bonchev–Trinajstić information content (AvgIpc) is 2.30. The molecule has 0 N–H and O–H groups in total. The highest BCUT2D eigenvalue weighted by Crippen LogP contribution is 2.26. The summed E-state index contributed by atoms with van der Waals surface area (Å²) in [6.45, 7) is 3.63. The van der Waals surface area contributed by atoms with Crippen LogP contribution in [0.25, 0.3) is 0 Å². The van der Waals surface area contributed by atoms with Crippen LogP contribution in [0, 0.1) is 11.8 Å². The van der Waals surface area contributed by atoms with Gasteiger partial charge in [-0.3, -0.25) is 9.59 Å². The molecule has 2 atom stereocenters. The summed E-state index contributed by atoms with van der Waals surface area (Å²) < 4.78 is 0. The van der Waals surface area contributed by atoms with Crippen LogP contribution >= 0.6 is 0 Å². The maximum atomic E-state index is 11.4. The first kappa shape index (κ1) is 9.17. The Morgan fingerprint density at radius 3 is 2.58 bits per heavy atom. The number of hydrogen-bond donors (Lipinski definition) is 0. The van der Waals surface area contributed by atoms with Crippen molar-refractivity contribution in [2.24, 2.45) is 11.8 Å². The zero-order valence-electron chi connectivity index (χ0n) is 7.54. The van der Waals surface area contributed by atoms with Gasteiger partial charge in [-0.05, 0) is 20.3 Å². The quantitative estimate of drug-likeness (QED) is 0.462. The predicted octanol–water partition coefficient (Wildman–Crippen LogP) is 1.75. The lowest BCUT2D eigenvalue weighted by Gasteiger charge is -2.01. The van der Waals surface area contributed by atoms with Gasteiger partial charge in [-0.2, -0.15) is 0 Å². The van der Waals surface area contributed by atoms with Gasteiger partial charge >= 0.3 is 0 Å². The SMILES string of the molecule is CC=CCC1CC(=O)C(C)C1=O. The first-order valence-corrected chi connectivity index (χ1v) is 4.34. The van der Waals surface area contributed by atoms with Crippen molar-refractivity contribution in [1.82, 2.24) is 0 Å². The first-order valence-electron chi connectivity index (χ1n) is 4.34. The topological polar surface area (TPSA) is 34.1 Å². The molecule has 0 spiro atoms. The van der Waals surface area contributed by atoms with Crippen LogP contribution in [0.3, 0.4) is 0 Å². The molecule has 1 aliphatic rings. The molecule has 0 saturated heterocycles. The van der Waals surface area contributed by atoms with Crippen molar-refractivity contribution < 1.29 is 9.59 Å². The molecule has 1 aliphatic carbocycles. The van der Waals surface area contributed by atoms with Gasteiger partial charge in [0.1, 0.15) is 11.6 Å². The Hall–Kier alpha value is -0.920. The zero-order chi connectivity index (χ0) is 9.14. The van der Waals surface area contributed by atoms with E-state index >= 15 is 0 Å². The number of allylic oxidation sites excluding steroid dienone is 2. The number of hydrogen-bond acceptors (Lipinski definition) is 2. The standard InChI is InChI=1S/C10H14O2/c1-3-4-5-8-6-9(11)7(2)10(8)12/h3-4,7-8H,5-6H2,1-2H3. The molecule has 0 radical (unpaired) electrons. The molecule has 1 rings (SSSR count). The molecule has 2 nitrogen and oxygen atoms in total. The summed E-state index contributed by atoms with van der Waals surface area (Å²) >= 11 is 0. The Labute approximate surface area is 72.7 Å². The van der Waals surface area contributed by atoms with Crippen molar-refractivity contribution in [3.05, 3.63) is 12.2 Å². The summed E-state index contributed by atoms with van der Waals surface area (Å²) in [5.74, 6) is -0.156. The minimum atomic E-state index is -0.347. The van der Waals surface area contributed by atoms with Crippen molar-refractivity contribution in [1.29, 1.82) is 0 Å². The van der Waals surface area contributed by atoms with Gasteiger partial charge in [0.15, 0.2) is 0 Å². The highest BCUT2D eigenvalue weighted by atomic mass is 16.2. The van der Waals surface area contributed by atoms with Gasteiger partial charge < -0.3 is 0 Å². The van der Waals surface area contributed by atoms with E-state index in [1.54, 1.807) is 6.92 Å². The van der Waals surface area contributed by atoms with Crippen molar-refractivity contribution in [3.63, 3.8) is 0 Å². The highest BCUT2D eigenvalue weighted by Gasteiger charge is 2.36. The Balaban J connectivity index is 2.59. The number of carbonyl (C=O) groups excluding carboxylic acids is 2. The predicted molar refractivity (Wildman–Crippen MR) is 46.7 cm³/mol. The maximum absolute atomic E-state index is 11.4. The van der Waals surface area contributed by atoms with Crippen molar-refractivity contribution in [2.75, 3.05) is 0 Å². The fraction of sp³-hybridized carbons (Fsp3) is 0.600. The van der Waals surface area contributed by atoms with Gasteiger partial charge in [0, 0.05) is 12.3 Å². The lowest BCUT2D eigenvalue weighted by atomic mass is 10.0. The molecule has 1 saturated carbocycles. The fourth-order valence-corrected chi connectivity index (χ4v) is 1.53. The Morgan fingerprint density at radius 1 is 1.50 bits per heavy atom. The third-order valence-electron chi connectivity index (χ3n) is 2.42. The van der Waals surface area contributed by atoms with Crippen LogP contribution in [0.1, 0.15) is 26.7 Å². The number of rotatable bonds is 2. The number of ketones is 2. The van der Waals surface area contributed by atoms with Crippen LogP contribution in [0.5, 0.6) is 0 Å². The monoisotopic (exact) mass is 166 g/mol. The third kappa shape index (κ3) is 1.63. The molecule has 2 unspecified atom stereocenters. The Kier molecular flexibility index (Phi) is 2.79. The Bertz CT molecular complexity index is 228. The van der Waals surface area contributed by atoms with Crippen LogP contribution in [0.4, 0.5) is 0 Å². The molecule has 0 amide bonds. The molecule has 66 valence electrons. The van der Waals surface area contributed by atoms with Crippen LogP contribution < -0.4 is 0 Å². The van der Waals surface area contributed by atoms with E-state index in [0.717, 1.165) is 6.42 Å². The molecule has 0 bridgehead atoms. The van der Waals surface area contributed by atoms with Gasteiger partial charge in [0.05, 0.1) is 5.92 Å². The number of Topliss-reactive ketones (excluding diaryl/α,β-unsaturated/α-hetero) is 2. The fourth-order valence-electron chi connectivity index (χ4n) is 1.53. The van der Waals surface area contributed by atoms with Gasteiger partial charge in [0.2, 0.25) is 0 Å². The summed E-state index contributed by atoms with van der Waals surface area (Å²) in [6, 6.07) is 0. The molecule has 1 fully saturated rings. The molecule has 2 heteroatoms. The largest absolute Gasteiger partial charge is 0.299 e. The van der Waals surface area contributed by atoms with Crippen molar-refractivity contribution in [3.8, 4) is 0 Å². The Morgan fingerprint density at radius 2 is 2.17 bits per heavy atom. The first-order chi connectivity index (χ1) is 5.66. The van der Waals surface area contributed by atoms with E-state index in [0.29, 0.717) is 6.42 Å². The third-order valence-corrected chi connectivity index (χ3v) is 2.42. The average molecular weight is 166 g/mol. The molecule has 12 heavy (non-hydrogen) atoms. The molecule has 0 aromatic heterocycles. The summed E-state index contributed by atoms with van der Waals surface area (Å²) in [4.78, 5) is 22.5. The summed E-state index contributed by atoms with van der Waals surface area (Å²) in [7, 11) is 0. The van der Waals surface area contributed by atoms with Crippen LogP contribution in [0.15, 0.2) is 12.2 Å². The van der Waals surface area contributed by atoms with Gasteiger partial charge in [-0.15, -0.1) is 0 Å². The molecule has 0 heterocycles. The normalized spacial score (nSPS) is 30.5. The second-order valence-electron chi connectivity index (χ2n) is 3.30. The van der Waals surface area contributed by atoms with E-state index in [-0.39, 0.29) is 23.4 Å². The second-order valence-corrected chi connectivity index (χ2v) is 3.30.